The van der Waals surface area contributed by atoms with E-state index in [9.17, 15) is 0 Å². The Hall–Kier alpha value is -2.16. The van der Waals surface area contributed by atoms with Gasteiger partial charge >= 0.3 is 0 Å². The Balaban J connectivity index is 2.16. The van der Waals surface area contributed by atoms with Crippen molar-refractivity contribution in [2.75, 3.05) is 19.5 Å². The third kappa shape index (κ3) is 3.91. The molecule has 3 nitrogen and oxygen atoms in total. The van der Waals surface area contributed by atoms with E-state index in [1.807, 2.05) is 18.2 Å². The van der Waals surface area contributed by atoms with E-state index in [1.54, 1.807) is 14.2 Å². The Labute approximate surface area is 126 Å². The molecule has 0 radical (unpaired) electrons. The summed E-state index contributed by atoms with van der Waals surface area (Å²) >= 11 is 0. The normalized spacial score (nSPS) is 10.2. The highest BCUT2D eigenvalue weighted by Crippen LogP contribution is 2.25. The first-order valence-corrected chi connectivity index (χ1v) is 7.31. The highest BCUT2D eigenvalue weighted by Gasteiger charge is 2.06. The van der Waals surface area contributed by atoms with Crippen LogP contribution >= 0.6 is 0 Å². The average molecular weight is 285 g/mol. The van der Waals surface area contributed by atoms with Crippen molar-refractivity contribution in [1.82, 2.24) is 0 Å². The molecular formula is C18H23NO2. The van der Waals surface area contributed by atoms with E-state index in [-0.39, 0.29) is 0 Å². The minimum Gasteiger partial charge on any atom is -0.497 e. The van der Waals surface area contributed by atoms with Gasteiger partial charge in [-0.05, 0) is 36.2 Å². The van der Waals surface area contributed by atoms with Crippen LogP contribution in [-0.2, 0) is 13.0 Å². The fourth-order valence-corrected chi connectivity index (χ4v) is 2.39. The summed E-state index contributed by atoms with van der Waals surface area (Å²) < 4.78 is 10.7. The van der Waals surface area contributed by atoms with Crippen LogP contribution in [0.4, 0.5) is 5.69 Å². The Bertz CT molecular complexity index is 581. The van der Waals surface area contributed by atoms with Gasteiger partial charge in [-0.3, -0.25) is 0 Å². The molecule has 0 bridgehead atoms. The lowest BCUT2D eigenvalue weighted by molar-refractivity contribution is 0.399. The fourth-order valence-electron chi connectivity index (χ4n) is 2.39. The summed E-state index contributed by atoms with van der Waals surface area (Å²) in [7, 11) is 3.37. The Morgan fingerprint density at radius 2 is 1.76 bits per heavy atom. The van der Waals surface area contributed by atoms with Crippen molar-refractivity contribution >= 4 is 5.69 Å². The van der Waals surface area contributed by atoms with Gasteiger partial charge in [0.2, 0.25) is 0 Å². The van der Waals surface area contributed by atoms with E-state index in [4.69, 9.17) is 9.47 Å². The predicted octanol–water partition coefficient (Wildman–Crippen LogP) is 4.27. The Morgan fingerprint density at radius 1 is 0.952 bits per heavy atom. The number of benzene rings is 2. The first-order valence-electron chi connectivity index (χ1n) is 7.31. The maximum Gasteiger partial charge on any atom is 0.124 e. The second kappa shape index (κ2) is 7.58. The van der Waals surface area contributed by atoms with Gasteiger partial charge in [0.15, 0.2) is 0 Å². The van der Waals surface area contributed by atoms with Crippen molar-refractivity contribution < 1.29 is 9.47 Å². The summed E-state index contributed by atoms with van der Waals surface area (Å²) in [6.07, 6.45) is 2.22. The molecule has 0 spiro atoms. The largest absolute Gasteiger partial charge is 0.497 e. The van der Waals surface area contributed by atoms with E-state index >= 15 is 0 Å². The SMILES string of the molecule is CCCc1ccccc1NCc1cc(OC)ccc1OC. The molecule has 112 valence electrons. The van der Waals surface area contributed by atoms with E-state index in [0.29, 0.717) is 6.54 Å². The van der Waals surface area contributed by atoms with Crippen molar-refractivity contribution in [2.24, 2.45) is 0 Å². The second-order valence-electron chi connectivity index (χ2n) is 4.94. The van der Waals surface area contributed by atoms with Gasteiger partial charge in [0, 0.05) is 17.8 Å². The first kappa shape index (κ1) is 15.2. The molecule has 0 amide bonds. The van der Waals surface area contributed by atoms with Crippen LogP contribution < -0.4 is 14.8 Å². The van der Waals surface area contributed by atoms with E-state index in [1.165, 1.54) is 11.3 Å². The number of hydrogen-bond acceptors (Lipinski definition) is 3. The fraction of sp³-hybridized carbons (Fsp3) is 0.333. The monoisotopic (exact) mass is 285 g/mol. The van der Waals surface area contributed by atoms with Crippen LogP contribution in [0.5, 0.6) is 11.5 Å². The van der Waals surface area contributed by atoms with Gasteiger partial charge in [0.05, 0.1) is 14.2 Å². The quantitative estimate of drug-likeness (QED) is 0.824. The molecule has 2 rings (SSSR count). The van der Waals surface area contributed by atoms with Crippen molar-refractivity contribution in [3.8, 4) is 11.5 Å². The van der Waals surface area contributed by atoms with Gasteiger partial charge < -0.3 is 14.8 Å². The predicted molar refractivity (Wildman–Crippen MR) is 87.3 cm³/mol. The summed E-state index contributed by atoms with van der Waals surface area (Å²) in [5.41, 5.74) is 3.62. The van der Waals surface area contributed by atoms with Crippen LogP contribution in [0.2, 0.25) is 0 Å². The number of methoxy groups -OCH3 is 2. The lowest BCUT2D eigenvalue weighted by atomic mass is 10.1. The number of anilines is 1. The number of ether oxygens (including phenoxy) is 2. The molecule has 0 atom stereocenters. The molecule has 0 saturated heterocycles. The lowest BCUT2D eigenvalue weighted by Gasteiger charge is -2.14. The summed E-state index contributed by atoms with van der Waals surface area (Å²) in [4.78, 5) is 0. The smallest absolute Gasteiger partial charge is 0.124 e. The molecule has 0 aliphatic heterocycles. The number of rotatable bonds is 7. The molecular weight excluding hydrogens is 262 g/mol. The van der Waals surface area contributed by atoms with Gasteiger partial charge in [0.1, 0.15) is 11.5 Å². The summed E-state index contributed by atoms with van der Waals surface area (Å²) in [6.45, 7) is 2.91. The lowest BCUT2D eigenvalue weighted by Crippen LogP contribution is -2.04. The number of hydrogen-bond donors (Lipinski definition) is 1. The van der Waals surface area contributed by atoms with Gasteiger partial charge in [-0.1, -0.05) is 31.5 Å². The number of nitrogens with one attached hydrogen (secondary N) is 1. The molecule has 21 heavy (non-hydrogen) atoms. The zero-order valence-electron chi connectivity index (χ0n) is 13.0. The van der Waals surface area contributed by atoms with Crippen LogP contribution in [0.3, 0.4) is 0 Å². The molecule has 1 N–H and O–H groups in total. The van der Waals surface area contributed by atoms with Crippen LogP contribution in [0.15, 0.2) is 42.5 Å². The van der Waals surface area contributed by atoms with Crippen molar-refractivity contribution in [3.05, 3.63) is 53.6 Å². The van der Waals surface area contributed by atoms with Crippen molar-refractivity contribution in [2.45, 2.75) is 26.3 Å². The number of para-hydroxylation sites is 1. The van der Waals surface area contributed by atoms with Crippen LogP contribution in [0.1, 0.15) is 24.5 Å². The van der Waals surface area contributed by atoms with E-state index in [2.05, 4.69) is 36.5 Å². The highest BCUT2D eigenvalue weighted by molar-refractivity contribution is 5.52. The minimum absolute atomic E-state index is 0.709. The molecule has 0 heterocycles. The molecule has 0 unspecified atom stereocenters. The standard InChI is InChI=1S/C18H23NO2/c1-4-7-14-8-5-6-9-17(14)19-13-15-12-16(20-2)10-11-18(15)21-3/h5-6,8-12,19H,4,7,13H2,1-3H3. The second-order valence-corrected chi connectivity index (χ2v) is 4.94. The molecule has 3 heteroatoms. The van der Waals surface area contributed by atoms with Gasteiger partial charge in [-0.25, -0.2) is 0 Å². The first-order chi connectivity index (χ1) is 10.3. The number of aryl methyl sites for hydroxylation is 1. The summed E-state index contributed by atoms with van der Waals surface area (Å²) in [6, 6.07) is 14.3. The van der Waals surface area contributed by atoms with Gasteiger partial charge in [0.25, 0.3) is 0 Å². The maximum absolute atomic E-state index is 5.42. The van der Waals surface area contributed by atoms with Gasteiger partial charge in [-0.15, -0.1) is 0 Å². The van der Waals surface area contributed by atoms with Crippen molar-refractivity contribution in [3.63, 3.8) is 0 Å². The molecule has 0 aliphatic carbocycles. The minimum atomic E-state index is 0.709. The Kier molecular flexibility index (Phi) is 5.50. The van der Waals surface area contributed by atoms with E-state index in [0.717, 1.165) is 29.9 Å². The van der Waals surface area contributed by atoms with Crippen molar-refractivity contribution in [1.29, 1.82) is 0 Å². The molecule has 2 aromatic rings. The zero-order valence-corrected chi connectivity index (χ0v) is 13.0. The van der Waals surface area contributed by atoms with Crippen LogP contribution in [0.25, 0.3) is 0 Å². The third-order valence-electron chi connectivity index (χ3n) is 3.49. The highest BCUT2D eigenvalue weighted by atomic mass is 16.5. The molecule has 0 aromatic heterocycles. The average Bonchev–Trinajstić information content (AvgIpc) is 2.54. The summed E-state index contributed by atoms with van der Waals surface area (Å²) in [5.74, 6) is 1.71. The van der Waals surface area contributed by atoms with E-state index < -0.39 is 0 Å². The van der Waals surface area contributed by atoms with Crippen LogP contribution in [0, 0.1) is 0 Å². The Morgan fingerprint density at radius 3 is 2.48 bits per heavy atom. The summed E-state index contributed by atoms with van der Waals surface area (Å²) in [5, 5.41) is 3.50. The maximum atomic E-state index is 5.42. The zero-order chi connectivity index (χ0) is 15.1. The third-order valence-corrected chi connectivity index (χ3v) is 3.49. The topological polar surface area (TPSA) is 30.5 Å². The molecule has 0 saturated carbocycles. The molecule has 0 aliphatic rings. The molecule has 2 aromatic carbocycles. The van der Waals surface area contributed by atoms with Crippen LogP contribution in [-0.4, -0.2) is 14.2 Å². The molecule has 0 fully saturated rings. The van der Waals surface area contributed by atoms with Gasteiger partial charge in [-0.2, -0.15) is 0 Å².